The molecule has 1 aliphatic rings. The van der Waals surface area contributed by atoms with Crippen LogP contribution in [0.3, 0.4) is 0 Å². The zero-order valence-corrected chi connectivity index (χ0v) is 17.4. The summed E-state index contributed by atoms with van der Waals surface area (Å²) in [6.45, 7) is 6.29. The number of aromatic nitrogens is 2. The van der Waals surface area contributed by atoms with E-state index in [1.165, 1.54) is 27.1 Å². The molecule has 0 N–H and O–H groups in total. The Kier molecular flexibility index (Phi) is 4.90. The van der Waals surface area contributed by atoms with E-state index in [0.717, 1.165) is 34.5 Å². The second-order valence-corrected chi connectivity index (χ2v) is 9.49. The van der Waals surface area contributed by atoms with E-state index in [9.17, 15) is 9.59 Å². The molecule has 5 nitrogen and oxygen atoms in total. The van der Waals surface area contributed by atoms with Crippen molar-refractivity contribution in [1.82, 2.24) is 14.5 Å². The highest BCUT2D eigenvalue weighted by atomic mass is 32.1. The molecule has 1 aliphatic heterocycles. The van der Waals surface area contributed by atoms with E-state index in [0.29, 0.717) is 5.39 Å². The molecular formula is C20H23N3O2S2. The van der Waals surface area contributed by atoms with E-state index in [4.69, 9.17) is 0 Å². The van der Waals surface area contributed by atoms with Gasteiger partial charge >= 0.3 is 0 Å². The molecule has 3 aromatic rings. The Morgan fingerprint density at radius 2 is 2.00 bits per heavy atom. The number of rotatable bonds is 3. The number of piperidine rings is 1. The normalized spacial score (nSPS) is 20.3. The fourth-order valence-corrected chi connectivity index (χ4v) is 5.84. The monoisotopic (exact) mass is 401 g/mol. The van der Waals surface area contributed by atoms with Gasteiger partial charge in [-0.15, -0.1) is 22.7 Å². The van der Waals surface area contributed by atoms with Gasteiger partial charge < -0.3 is 4.90 Å². The molecule has 0 radical (unpaired) electrons. The number of amides is 1. The van der Waals surface area contributed by atoms with Gasteiger partial charge in [0.1, 0.15) is 11.4 Å². The molecule has 1 saturated heterocycles. The van der Waals surface area contributed by atoms with Gasteiger partial charge in [-0.05, 0) is 52.2 Å². The van der Waals surface area contributed by atoms with E-state index in [1.807, 2.05) is 16.3 Å². The third kappa shape index (κ3) is 3.34. The standard InChI is InChI=1S/C20H23N3O2S2/c1-12-5-4-6-13(2)23(12)17(24)9-22-11-21-19-18(20(22)25)15(10-26-19)16-8-7-14(3)27-16/h7-8,10-13H,4-6,9H2,1-3H3/t12-,13+. The highest BCUT2D eigenvalue weighted by molar-refractivity contribution is 7.19. The number of hydrogen-bond acceptors (Lipinski definition) is 5. The summed E-state index contributed by atoms with van der Waals surface area (Å²) in [5.74, 6) is 0.00157. The number of thiophene rings is 2. The van der Waals surface area contributed by atoms with Crippen LogP contribution in [-0.2, 0) is 11.3 Å². The van der Waals surface area contributed by atoms with Crippen LogP contribution in [0.1, 0.15) is 38.0 Å². The van der Waals surface area contributed by atoms with Crippen LogP contribution >= 0.6 is 22.7 Å². The van der Waals surface area contributed by atoms with Crippen LogP contribution in [-0.4, -0.2) is 32.4 Å². The number of carbonyl (C=O) groups excluding carboxylic acids is 1. The first-order chi connectivity index (χ1) is 13.0. The molecule has 0 aliphatic carbocycles. The molecule has 0 spiro atoms. The summed E-state index contributed by atoms with van der Waals surface area (Å²) in [6, 6.07) is 4.54. The number of fused-ring (bicyclic) bond motifs is 1. The number of hydrogen-bond donors (Lipinski definition) is 0. The van der Waals surface area contributed by atoms with Gasteiger partial charge in [-0.25, -0.2) is 4.98 Å². The lowest BCUT2D eigenvalue weighted by atomic mass is 9.97. The second-order valence-electron chi connectivity index (χ2n) is 7.35. The van der Waals surface area contributed by atoms with Gasteiger partial charge in [0.05, 0.1) is 11.7 Å². The summed E-state index contributed by atoms with van der Waals surface area (Å²) in [5.41, 5.74) is 0.792. The fourth-order valence-electron chi connectivity index (χ4n) is 3.98. The summed E-state index contributed by atoms with van der Waals surface area (Å²) >= 11 is 3.14. The zero-order chi connectivity index (χ0) is 19.1. The first kappa shape index (κ1) is 18.4. The van der Waals surface area contributed by atoms with E-state index < -0.39 is 0 Å². The Bertz CT molecular complexity index is 1040. The molecule has 1 amide bonds. The summed E-state index contributed by atoms with van der Waals surface area (Å²) in [5, 5.41) is 2.61. The van der Waals surface area contributed by atoms with Crippen molar-refractivity contribution in [2.24, 2.45) is 0 Å². The molecule has 1 fully saturated rings. The predicted molar refractivity (Wildman–Crippen MR) is 112 cm³/mol. The average Bonchev–Trinajstić information content (AvgIpc) is 3.23. The summed E-state index contributed by atoms with van der Waals surface area (Å²) in [6.07, 6.45) is 4.71. The smallest absolute Gasteiger partial charge is 0.263 e. The maximum atomic E-state index is 13.1. The van der Waals surface area contributed by atoms with Crippen LogP contribution in [0.15, 0.2) is 28.6 Å². The molecule has 0 bridgehead atoms. The number of likely N-dealkylation sites (tertiary alicyclic amines) is 1. The fraction of sp³-hybridized carbons (Fsp3) is 0.450. The van der Waals surface area contributed by atoms with Gasteiger partial charge in [-0.1, -0.05) is 0 Å². The Morgan fingerprint density at radius 1 is 1.26 bits per heavy atom. The van der Waals surface area contributed by atoms with Gasteiger partial charge in [-0.2, -0.15) is 0 Å². The van der Waals surface area contributed by atoms with Crippen molar-refractivity contribution in [3.8, 4) is 10.4 Å². The van der Waals surface area contributed by atoms with E-state index in [1.54, 1.807) is 11.3 Å². The van der Waals surface area contributed by atoms with Crippen LogP contribution < -0.4 is 5.56 Å². The largest absolute Gasteiger partial charge is 0.336 e. The number of aryl methyl sites for hydroxylation is 1. The molecule has 27 heavy (non-hydrogen) atoms. The van der Waals surface area contributed by atoms with Crippen molar-refractivity contribution >= 4 is 38.8 Å². The van der Waals surface area contributed by atoms with Crippen LogP contribution in [0, 0.1) is 6.92 Å². The Morgan fingerprint density at radius 3 is 2.67 bits per heavy atom. The molecule has 4 rings (SSSR count). The molecule has 0 aromatic carbocycles. The van der Waals surface area contributed by atoms with Crippen molar-refractivity contribution in [2.75, 3.05) is 0 Å². The quantitative estimate of drug-likeness (QED) is 0.658. The SMILES string of the molecule is Cc1ccc(-c2csc3ncn(CC(=O)N4[C@H](C)CCC[C@@H]4C)c(=O)c23)s1. The van der Waals surface area contributed by atoms with Crippen LogP contribution in [0.25, 0.3) is 20.7 Å². The van der Waals surface area contributed by atoms with Gasteiger partial charge in [0, 0.05) is 32.8 Å². The number of nitrogens with zero attached hydrogens (tertiary/aromatic N) is 3. The first-order valence-corrected chi connectivity index (χ1v) is 11.0. The van der Waals surface area contributed by atoms with E-state index >= 15 is 0 Å². The Balaban J connectivity index is 1.70. The van der Waals surface area contributed by atoms with E-state index in [-0.39, 0.29) is 30.1 Å². The van der Waals surface area contributed by atoms with Crippen LogP contribution in [0.2, 0.25) is 0 Å². The molecule has 0 saturated carbocycles. The molecule has 3 aromatic heterocycles. The Labute approximate surface area is 166 Å². The molecule has 2 atom stereocenters. The highest BCUT2D eigenvalue weighted by Crippen LogP contribution is 2.35. The highest BCUT2D eigenvalue weighted by Gasteiger charge is 2.29. The summed E-state index contributed by atoms with van der Waals surface area (Å²) in [7, 11) is 0. The maximum absolute atomic E-state index is 13.1. The average molecular weight is 402 g/mol. The molecular weight excluding hydrogens is 378 g/mol. The van der Waals surface area contributed by atoms with Crippen molar-refractivity contribution in [3.63, 3.8) is 0 Å². The van der Waals surface area contributed by atoms with Crippen molar-refractivity contribution < 1.29 is 4.79 Å². The Hall–Kier alpha value is -1.99. The third-order valence-electron chi connectivity index (χ3n) is 5.35. The van der Waals surface area contributed by atoms with Gasteiger partial charge in [0.2, 0.25) is 5.91 Å². The number of carbonyl (C=O) groups is 1. The van der Waals surface area contributed by atoms with Crippen LogP contribution in [0.4, 0.5) is 0 Å². The lowest BCUT2D eigenvalue weighted by Gasteiger charge is -2.39. The lowest BCUT2D eigenvalue weighted by Crippen LogP contribution is -2.49. The van der Waals surface area contributed by atoms with Gasteiger partial charge in [0.15, 0.2) is 0 Å². The summed E-state index contributed by atoms with van der Waals surface area (Å²) in [4.78, 5) is 35.4. The lowest BCUT2D eigenvalue weighted by molar-refractivity contribution is -0.138. The van der Waals surface area contributed by atoms with Gasteiger partial charge in [-0.3, -0.25) is 14.2 Å². The molecule has 142 valence electrons. The van der Waals surface area contributed by atoms with E-state index in [2.05, 4.69) is 31.8 Å². The molecule has 4 heterocycles. The first-order valence-electron chi connectivity index (χ1n) is 9.30. The van der Waals surface area contributed by atoms with Gasteiger partial charge in [0.25, 0.3) is 5.56 Å². The minimum Gasteiger partial charge on any atom is -0.336 e. The van der Waals surface area contributed by atoms with Crippen molar-refractivity contribution in [3.05, 3.63) is 39.1 Å². The van der Waals surface area contributed by atoms with Crippen molar-refractivity contribution in [1.29, 1.82) is 0 Å². The third-order valence-corrected chi connectivity index (χ3v) is 7.27. The topological polar surface area (TPSA) is 55.2 Å². The van der Waals surface area contributed by atoms with Crippen LogP contribution in [0.5, 0.6) is 0 Å². The zero-order valence-electron chi connectivity index (χ0n) is 15.8. The molecule has 0 unspecified atom stereocenters. The van der Waals surface area contributed by atoms with Crippen molar-refractivity contribution in [2.45, 2.75) is 58.7 Å². The maximum Gasteiger partial charge on any atom is 0.263 e. The minimum atomic E-state index is -0.132. The minimum absolute atomic E-state index is 0.00157. The summed E-state index contributed by atoms with van der Waals surface area (Å²) < 4.78 is 1.47. The molecule has 7 heteroatoms. The predicted octanol–water partition coefficient (Wildman–Crippen LogP) is 4.28. The second kappa shape index (κ2) is 7.20.